The molecule has 0 radical (unpaired) electrons. The van der Waals surface area contributed by atoms with Crippen LogP contribution in [0, 0.1) is 0 Å². The average Bonchev–Trinajstić information content (AvgIpc) is 2.46. The molecule has 2 aliphatic rings. The lowest BCUT2D eigenvalue weighted by Crippen LogP contribution is -2.26. The maximum absolute atomic E-state index is 10.9. The molecule has 0 amide bonds. The zero-order valence-electron chi connectivity index (χ0n) is 7.30. The van der Waals surface area contributed by atoms with E-state index in [1.165, 1.54) is 0 Å². The minimum Gasteiger partial charge on any atom is -0.367 e. The molecule has 0 spiro atoms. The van der Waals surface area contributed by atoms with Gasteiger partial charge in [0.2, 0.25) is 0 Å². The molecular formula is C9H16O2. The summed E-state index contributed by atoms with van der Waals surface area (Å²) in [5.41, 5.74) is 0. The second kappa shape index (κ2) is 3.86. The first-order valence-electron chi connectivity index (χ1n) is 4.54. The van der Waals surface area contributed by atoms with Gasteiger partial charge >= 0.3 is 0 Å². The fraction of sp³-hybridized carbons (Fsp3) is 0.889. The number of hydrogen-bond acceptors (Lipinski definition) is 2. The standard InChI is InChI=1S/C7H10O2.C2H6/c8-6-3-1-5-2-4-7(6)9-5;1-2/h5,7H,1-4H2;1-2H3. The fourth-order valence-corrected chi connectivity index (χ4v) is 1.62. The fourth-order valence-electron chi connectivity index (χ4n) is 1.62. The van der Waals surface area contributed by atoms with Crippen LogP contribution in [0.2, 0.25) is 0 Å². The number of fused-ring (bicyclic) bond motifs is 2. The first kappa shape index (κ1) is 8.72. The average molecular weight is 156 g/mol. The summed E-state index contributed by atoms with van der Waals surface area (Å²) < 4.78 is 5.36. The first-order chi connectivity index (χ1) is 5.36. The van der Waals surface area contributed by atoms with Crippen LogP contribution >= 0.6 is 0 Å². The lowest BCUT2D eigenvalue weighted by atomic mass is 10.1. The van der Waals surface area contributed by atoms with Crippen molar-refractivity contribution in [3.8, 4) is 0 Å². The SMILES string of the molecule is CC.O=C1CCC2CCC1O2. The summed E-state index contributed by atoms with van der Waals surface area (Å²) in [6.07, 6.45) is 4.22. The van der Waals surface area contributed by atoms with Crippen molar-refractivity contribution in [2.24, 2.45) is 0 Å². The zero-order valence-corrected chi connectivity index (χ0v) is 7.30. The predicted octanol–water partition coefficient (Wildman–Crippen LogP) is 1.92. The van der Waals surface area contributed by atoms with E-state index < -0.39 is 0 Å². The van der Waals surface area contributed by atoms with E-state index in [1.54, 1.807) is 0 Å². The first-order valence-corrected chi connectivity index (χ1v) is 4.54. The summed E-state index contributed by atoms with van der Waals surface area (Å²) >= 11 is 0. The van der Waals surface area contributed by atoms with E-state index in [0.717, 1.165) is 25.7 Å². The molecule has 0 aromatic carbocycles. The Morgan fingerprint density at radius 1 is 1.27 bits per heavy atom. The van der Waals surface area contributed by atoms with Crippen molar-refractivity contribution in [1.82, 2.24) is 0 Å². The van der Waals surface area contributed by atoms with Crippen LogP contribution in [0.5, 0.6) is 0 Å². The molecule has 2 atom stereocenters. The van der Waals surface area contributed by atoms with Crippen molar-refractivity contribution in [1.29, 1.82) is 0 Å². The van der Waals surface area contributed by atoms with Crippen molar-refractivity contribution in [2.75, 3.05) is 0 Å². The maximum Gasteiger partial charge on any atom is 0.161 e. The summed E-state index contributed by atoms with van der Waals surface area (Å²) in [7, 11) is 0. The Morgan fingerprint density at radius 2 is 2.00 bits per heavy atom. The van der Waals surface area contributed by atoms with Crippen molar-refractivity contribution >= 4 is 5.78 Å². The molecule has 2 saturated heterocycles. The minimum atomic E-state index is -0.0104. The van der Waals surface area contributed by atoms with E-state index in [0.29, 0.717) is 11.9 Å². The highest BCUT2D eigenvalue weighted by molar-refractivity contribution is 5.84. The molecule has 2 bridgehead atoms. The van der Waals surface area contributed by atoms with Crippen LogP contribution < -0.4 is 0 Å². The van der Waals surface area contributed by atoms with Gasteiger partial charge in [-0.2, -0.15) is 0 Å². The largest absolute Gasteiger partial charge is 0.367 e. The molecular weight excluding hydrogens is 140 g/mol. The normalized spacial score (nSPS) is 34.5. The van der Waals surface area contributed by atoms with Crippen LogP contribution in [0.25, 0.3) is 0 Å². The molecule has 2 rings (SSSR count). The molecule has 11 heavy (non-hydrogen) atoms. The van der Waals surface area contributed by atoms with Crippen LogP contribution in [0.3, 0.4) is 0 Å². The van der Waals surface area contributed by atoms with Gasteiger partial charge in [0.15, 0.2) is 5.78 Å². The number of ether oxygens (including phenoxy) is 1. The molecule has 0 aromatic rings. The highest BCUT2D eigenvalue weighted by atomic mass is 16.5. The van der Waals surface area contributed by atoms with Crippen molar-refractivity contribution in [2.45, 2.75) is 51.7 Å². The monoisotopic (exact) mass is 156 g/mol. The number of carbonyl (C=O) groups excluding carboxylic acids is 1. The summed E-state index contributed by atoms with van der Waals surface area (Å²) in [6, 6.07) is 0. The van der Waals surface area contributed by atoms with Gasteiger partial charge in [-0.1, -0.05) is 13.8 Å². The van der Waals surface area contributed by atoms with Crippen LogP contribution in [0.4, 0.5) is 0 Å². The number of hydrogen-bond donors (Lipinski definition) is 0. The van der Waals surface area contributed by atoms with Gasteiger partial charge < -0.3 is 4.74 Å². The summed E-state index contributed by atoms with van der Waals surface area (Å²) in [6.45, 7) is 4.00. The van der Waals surface area contributed by atoms with E-state index in [-0.39, 0.29) is 6.10 Å². The summed E-state index contributed by atoms with van der Waals surface area (Å²) in [4.78, 5) is 10.9. The van der Waals surface area contributed by atoms with E-state index in [2.05, 4.69) is 0 Å². The van der Waals surface area contributed by atoms with E-state index in [9.17, 15) is 4.79 Å². The summed E-state index contributed by atoms with van der Waals surface area (Å²) in [5.74, 6) is 0.323. The Bertz CT molecular complexity index is 142. The van der Waals surface area contributed by atoms with E-state index >= 15 is 0 Å². The molecule has 2 heteroatoms. The molecule has 0 aromatic heterocycles. The molecule has 2 nitrogen and oxygen atoms in total. The lowest BCUT2D eigenvalue weighted by Gasteiger charge is -2.17. The van der Waals surface area contributed by atoms with Gasteiger partial charge in [-0.25, -0.2) is 0 Å². The molecule has 2 fully saturated rings. The van der Waals surface area contributed by atoms with Crippen molar-refractivity contribution in [3.05, 3.63) is 0 Å². The topological polar surface area (TPSA) is 26.3 Å². The van der Waals surface area contributed by atoms with Crippen LogP contribution in [0.15, 0.2) is 0 Å². The second-order valence-corrected chi connectivity index (χ2v) is 2.83. The second-order valence-electron chi connectivity index (χ2n) is 2.83. The molecule has 2 aliphatic heterocycles. The Balaban J connectivity index is 0.000000281. The Morgan fingerprint density at radius 3 is 2.64 bits per heavy atom. The molecule has 0 aliphatic carbocycles. The van der Waals surface area contributed by atoms with Crippen LogP contribution in [-0.4, -0.2) is 18.0 Å². The lowest BCUT2D eigenvalue weighted by molar-refractivity contribution is -0.135. The highest BCUT2D eigenvalue weighted by Gasteiger charge is 2.34. The summed E-state index contributed by atoms with van der Waals surface area (Å²) in [5, 5.41) is 0. The number of ketones is 1. The number of carbonyl (C=O) groups is 1. The third-order valence-corrected chi connectivity index (χ3v) is 2.18. The Labute approximate surface area is 67.9 Å². The van der Waals surface area contributed by atoms with Gasteiger partial charge in [0.25, 0.3) is 0 Å². The zero-order chi connectivity index (χ0) is 8.27. The van der Waals surface area contributed by atoms with Gasteiger partial charge in [-0.3, -0.25) is 4.79 Å². The number of Topliss-reactive ketones (excluding diaryl/α,β-unsaturated/α-hetero) is 1. The smallest absolute Gasteiger partial charge is 0.161 e. The van der Waals surface area contributed by atoms with Gasteiger partial charge in [0.1, 0.15) is 6.10 Å². The van der Waals surface area contributed by atoms with Crippen LogP contribution in [-0.2, 0) is 9.53 Å². The molecule has 0 N–H and O–H groups in total. The minimum absolute atomic E-state index is 0.0104. The van der Waals surface area contributed by atoms with Gasteiger partial charge in [-0.05, 0) is 19.3 Å². The highest BCUT2D eigenvalue weighted by Crippen LogP contribution is 2.29. The molecule has 0 saturated carbocycles. The quantitative estimate of drug-likeness (QED) is 0.535. The maximum atomic E-state index is 10.9. The molecule has 64 valence electrons. The van der Waals surface area contributed by atoms with E-state index in [4.69, 9.17) is 4.74 Å². The van der Waals surface area contributed by atoms with Crippen LogP contribution in [0.1, 0.15) is 39.5 Å². The van der Waals surface area contributed by atoms with Gasteiger partial charge in [0, 0.05) is 6.42 Å². The van der Waals surface area contributed by atoms with Crippen molar-refractivity contribution in [3.63, 3.8) is 0 Å². The third-order valence-electron chi connectivity index (χ3n) is 2.18. The molecule has 2 unspecified atom stereocenters. The van der Waals surface area contributed by atoms with Crippen molar-refractivity contribution < 1.29 is 9.53 Å². The van der Waals surface area contributed by atoms with Gasteiger partial charge in [-0.15, -0.1) is 0 Å². The number of rotatable bonds is 0. The van der Waals surface area contributed by atoms with E-state index in [1.807, 2.05) is 13.8 Å². The Hall–Kier alpha value is -0.370. The third kappa shape index (κ3) is 1.80. The molecule has 2 heterocycles. The predicted molar refractivity (Wildman–Crippen MR) is 43.5 cm³/mol. The van der Waals surface area contributed by atoms with Gasteiger partial charge in [0.05, 0.1) is 6.10 Å². The Kier molecular flexibility index (Phi) is 3.06.